The molecule has 7 nitrogen and oxygen atoms in total. The molecule has 4 rings (SSSR count). The molecule has 4 heterocycles. The predicted molar refractivity (Wildman–Crippen MR) is 105 cm³/mol. The fourth-order valence-electron chi connectivity index (χ4n) is 4.16. The summed E-state index contributed by atoms with van der Waals surface area (Å²) in [6.07, 6.45) is 4.93. The molecule has 1 fully saturated rings. The molecule has 0 saturated carbocycles. The highest BCUT2D eigenvalue weighted by Gasteiger charge is 2.47. The Morgan fingerprint density at radius 1 is 1.36 bits per heavy atom. The fraction of sp³-hybridized carbons (Fsp3) is 0.619. The summed E-state index contributed by atoms with van der Waals surface area (Å²) in [5.74, 6) is 3.27. The lowest BCUT2D eigenvalue weighted by atomic mass is 9.88. The zero-order valence-electron chi connectivity index (χ0n) is 17.0. The van der Waals surface area contributed by atoms with Crippen molar-refractivity contribution in [1.82, 2.24) is 19.8 Å². The molecule has 152 valence electrons. The van der Waals surface area contributed by atoms with E-state index in [-0.39, 0.29) is 5.91 Å². The summed E-state index contributed by atoms with van der Waals surface area (Å²) in [5.41, 5.74) is -0.489. The molecule has 1 N–H and O–H groups in total. The lowest BCUT2D eigenvalue weighted by Crippen LogP contribution is -2.54. The first-order valence-electron chi connectivity index (χ1n) is 10.2. The second-order valence-electron chi connectivity index (χ2n) is 8.43. The Morgan fingerprint density at radius 2 is 2.14 bits per heavy atom. The van der Waals surface area contributed by atoms with Gasteiger partial charge in [-0.05, 0) is 37.8 Å². The second-order valence-corrected chi connectivity index (χ2v) is 8.43. The van der Waals surface area contributed by atoms with Gasteiger partial charge in [0.15, 0.2) is 6.10 Å². The third-order valence-corrected chi connectivity index (χ3v) is 5.67. The molecule has 1 atom stereocenters. The molecule has 0 bridgehead atoms. The third-order valence-electron chi connectivity index (χ3n) is 5.67. The number of nitrogens with one attached hydrogen (secondary N) is 1. The van der Waals surface area contributed by atoms with E-state index >= 15 is 0 Å². The van der Waals surface area contributed by atoms with Gasteiger partial charge in [-0.3, -0.25) is 9.69 Å². The van der Waals surface area contributed by atoms with Crippen molar-refractivity contribution in [3.05, 3.63) is 41.9 Å². The Labute approximate surface area is 166 Å². The van der Waals surface area contributed by atoms with Gasteiger partial charge in [-0.2, -0.15) is 0 Å². The van der Waals surface area contributed by atoms with E-state index < -0.39 is 11.7 Å². The van der Waals surface area contributed by atoms with Crippen LogP contribution in [0.3, 0.4) is 0 Å². The molecule has 1 amide bonds. The zero-order valence-corrected chi connectivity index (χ0v) is 17.0. The van der Waals surface area contributed by atoms with Crippen LogP contribution in [-0.2, 0) is 28.2 Å². The molecule has 0 unspecified atom stereocenters. The van der Waals surface area contributed by atoms with Crippen molar-refractivity contribution < 1.29 is 13.9 Å². The monoisotopic (exact) mass is 386 g/mol. The summed E-state index contributed by atoms with van der Waals surface area (Å²) < 4.78 is 14.3. The maximum absolute atomic E-state index is 12.7. The summed E-state index contributed by atoms with van der Waals surface area (Å²) >= 11 is 0. The molecular formula is C21H30N4O3. The highest BCUT2D eigenvalue weighted by atomic mass is 16.5. The predicted octanol–water partition coefficient (Wildman–Crippen LogP) is 2.45. The highest BCUT2D eigenvalue weighted by molar-refractivity contribution is 5.80. The number of hydrogen-bond donors (Lipinski definition) is 1. The van der Waals surface area contributed by atoms with Crippen molar-refractivity contribution in [2.24, 2.45) is 5.92 Å². The first kappa shape index (κ1) is 19.2. The summed E-state index contributed by atoms with van der Waals surface area (Å²) in [4.78, 5) is 19.6. The normalized spacial score (nSPS) is 21.8. The van der Waals surface area contributed by atoms with Crippen LogP contribution in [0.1, 0.15) is 44.0 Å². The number of aryl methyl sites for hydroxylation is 1. The van der Waals surface area contributed by atoms with E-state index in [0.29, 0.717) is 19.0 Å². The lowest BCUT2D eigenvalue weighted by molar-refractivity contribution is -0.174. The van der Waals surface area contributed by atoms with E-state index in [4.69, 9.17) is 9.15 Å². The van der Waals surface area contributed by atoms with Crippen molar-refractivity contribution >= 4 is 5.91 Å². The summed E-state index contributed by atoms with van der Waals surface area (Å²) in [6.45, 7) is 9.90. The van der Waals surface area contributed by atoms with Crippen molar-refractivity contribution in [2.75, 3.05) is 19.6 Å². The third kappa shape index (κ3) is 3.86. The van der Waals surface area contributed by atoms with Gasteiger partial charge in [0.05, 0.1) is 13.1 Å². The van der Waals surface area contributed by atoms with Crippen LogP contribution in [0.15, 0.2) is 28.9 Å². The summed E-state index contributed by atoms with van der Waals surface area (Å²) in [5, 5.41) is 3.02. The molecule has 2 aromatic heterocycles. The number of likely N-dealkylation sites (tertiary alicyclic amines) is 1. The van der Waals surface area contributed by atoms with Crippen LogP contribution in [0.2, 0.25) is 0 Å². The maximum atomic E-state index is 12.7. The number of carbonyl (C=O) groups is 1. The topological polar surface area (TPSA) is 72.5 Å². The lowest BCUT2D eigenvalue weighted by Gasteiger charge is -2.45. The van der Waals surface area contributed by atoms with Crippen LogP contribution in [0, 0.1) is 12.8 Å². The SMILES string of the molecule is Cc1ccc(CN2CCC3(CC2)O[C@@H](C(=O)NCC(C)C)Cn2ccnc23)o1. The first-order chi connectivity index (χ1) is 13.4. The van der Waals surface area contributed by atoms with E-state index in [2.05, 4.69) is 33.6 Å². The number of amides is 1. The number of aromatic nitrogens is 2. The minimum absolute atomic E-state index is 0.0269. The molecule has 0 aliphatic carbocycles. The van der Waals surface area contributed by atoms with Crippen LogP contribution in [0.4, 0.5) is 0 Å². The van der Waals surface area contributed by atoms with Gasteiger partial charge in [0.2, 0.25) is 0 Å². The van der Waals surface area contributed by atoms with Crippen molar-refractivity contribution in [3.8, 4) is 0 Å². The Balaban J connectivity index is 1.45. The molecule has 7 heteroatoms. The van der Waals surface area contributed by atoms with Crippen LogP contribution in [0.5, 0.6) is 0 Å². The number of carbonyl (C=O) groups excluding carboxylic acids is 1. The zero-order chi connectivity index (χ0) is 19.7. The minimum Gasteiger partial charge on any atom is -0.465 e. The quantitative estimate of drug-likeness (QED) is 0.855. The average molecular weight is 386 g/mol. The number of hydrogen-bond acceptors (Lipinski definition) is 5. The van der Waals surface area contributed by atoms with E-state index in [1.807, 2.05) is 31.5 Å². The summed E-state index contributed by atoms with van der Waals surface area (Å²) in [7, 11) is 0. The molecule has 1 saturated heterocycles. The standard InChI is InChI=1S/C21H30N4O3/c1-15(2)12-23-19(26)18-14-25-11-8-22-20(25)21(28-18)6-9-24(10-7-21)13-17-5-4-16(3)27-17/h4-5,8,11,15,18H,6-7,9-10,12-14H2,1-3H3,(H,23,26)/t18-/m1/s1. The maximum Gasteiger partial charge on any atom is 0.251 e. The number of fused-ring (bicyclic) bond motifs is 2. The second kappa shape index (κ2) is 7.72. The van der Waals surface area contributed by atoms with E-state index in [0.717, 1.165) is 49.8 Å². The van der Waals surface area contributed by atoms with Gasteiger partial charge < -0.3 is 19.0 Å². The van der Waals surface area contributed by atoms with Crippen LogP contribution < -0.4 is 5.32 Å². The largest absolute Gasteiger partial charge is 0.465 e. The molecule has 2 aliphatic heterocycles. The Bertz CT molecular complexity index is 817. The molecule has 2 aromatic rings. The first-order valence-corrected chi connectivity index (χ1v) is 10.2. The van der Waals surface area contributed by atoms with Crippen LogP contribution >= 0.6 is 0 Å². The van der Waals surface area contributed by atoms with Crippen LogP contribution in [0.25, 0.3) is 0 Å². The van der Waals surface area contributed by atoms with E-state index in [9.17, 15) is 4.79 Å². The van der Waals surface area contributed by atoms with Crippen molar-refractivity contribution in [3.63, 3.8) is 0 Å². The molecular weight excluding hydrogens is 356 g/mol. The Morgan fingerprint density at radius 3 is 2.82 bits per heavy atom. The smallest absolute Gasteiger partial charge is 0.251 e. The Kier molecular flexibility index (Phi) is 5.29. The van der Waals surface area contributed by atoms with Gasteiger partial charge in [0, 0.05) is 32.0 Å². The summed E-state index contributed by atoms with van der Waals surface area (Å²) in [6, 6.07) is 4.04. The van der Waals surface area contributed by atoms with Gasteiger partial charge in [-0.25, -0.2) is 4.98 Å². The molecule has 28 heavy (non-hydrogen) atoms. The highest BCUT2D eigenvalue weighted by Crippen LogP contribution is 2.40. The molecule has 1 spiro atoms. The van der Waals surface area contributed by atoms with Gasteiger partial charge in [0.25, 0.3) is 5.91 Å². The minimum atomic E-state index is -0.489. The van der Waals surface area contributed by atoms with Gasteiger partial charge in [-0.1, -0.05) is 13.8 Å². The molecule has 0 aromatic carbocycles. The van der Waals surface area contributed by atoms with Crippen LogP contribution in [-0.4, -0.2) is 46.1 Å². The van der Waals surface area contributed by atoms with Crippen molar-refractivity contribution in [2.45, 2.75) is 58.4 Å². The molecule has 2 aliphatic rings. The van der Waals surface area contributed by atoms with Gasteiger partial charge in [-0.15, -0.1) is 0 Å². The number of nitrogens with zero attached hydrogens (tertiary/aromatic N) is 3. The van der Waals surface area contributed by atoms with E-state index in [1.54, 1.807) is 0 Å². The Hall–Kier alpha value is -2.12. The number of furan rings is 1. The van der Waals surface area contributed by atoms with Gasteiger partial charge in [0.1, 0.15) is 22.9 Å². The van der Waals surface area contributed by atoms with E-state index in [1.165, 1.54) is 0 Å². The van der Waals surface area contributed by atoms with Gasteiger partial charge >= 0.3 is 0 Å². The number of imidazole rings is 1. The number of piperidine rings is 1. The average Bonchev–Trinajstić information content (AvgIpc) is 3.31. The fourth-order valence-corrected chi connectivity index (χ4v) is 4.16. The number of ether oxygens (including phenoxy) is 1. The van der Waals surface area contributed by atoms with Crippen molar-refractivity contribution in [1.29, 1.82) is 0 Å². The number of rotatable bonds is 5. The molecule has 0 radical (unpaired) electrons.